The molecule has 1 aromatic rings. The van der Waals surface area contributed by atoms with Gasteiger partial charge in [-0.25, -0.2) is 0 Å². The number of rotatable bonds is 18. The first-order valence-electron chi connectivity index (χ1n) is 11.9. The van der Waals surface area contributed by atoms with E-state index < -0.39 is 4.92 Å². The summed E-state index contributed by atoms with van der Waals surface area (Å²) in [7, 11) is 0. The van der Waals surface area contributed by atoms with E-state index in [9.17, 15) is 14.9 Å². The highest BCUT2D eigenvalue weighted by atomic mass is 16.6. The van der Waals surface area contributed by atoms with Crippen LogP contribution in [0.15, 0.2) is 18.2 Å². The number of hydrogen-bond acceptors (Lipinski definition) is 4. The average Bonchev–Trinajstić information content (AvgIpc) is 2.70. The van der Waals surface area contributed by atoms with Crippen LogP contribution in [0.4, 0.5) is 17.1 Å². The molecule has 0 aliphatic rings. The van der Waals surface area contributed by atoms with E-state index in [2.05, 4.69) is 12.2 Å². The van der Waals surface area contributed by atoms with E-state index in [0.717, 1.165) is 12.8 Å². The number of carbonyl (C=O) groups is 1. The summed E-state index contributed by atoms with van der Waals surface area (Å²) in [6.07, 6.45) is 19.9. The predicted molar refractivity (Wildman–Crippen MR) is 126 cm³/mol. The third-order valence-corrected chi connectivity index (χ3v) is 5.52. The first-order chi connectivity index (χ1) is 14.5. The molecule has 1 amide bonds. The molecule has 0 atom stereocenters. The Bertz CT molecular complexity index is 620. The summed E-state index contributed by atoms with van der Waals surface area (Å²) in [6, 6.07) is 4.26. The summed E-state index contributed by atoms with van der Waals surface area (Å²) in [6.45, 7) is 2.26. The fourth-order valence-electron chi connectivity index (χ4n) is 3.68. The number of unbranched alkanes of at least 4 members (excludes halogenated alkanes) is 14. The number of nitro groups is 1. The van der Waals surface area contributed by atoms with Crippen molar-refractivity contribution < 1.29 is 9.72 Å². The Labute approximate surface area is 182 Å². The molecule has 0 radical (unpaired) electrons. The number of anilines is 2. The van der Waals surface area contributed by atoms with Gasteiger partial charge in [0.15, 0.2) is 0 Å². The summed E-state index contributed by atoms with van der Waals surface area (Å²) in [4.78, 5) is 22.2. The lowest BCUT2D eigenvalue weighted by molar-refractivity contribution is -0.383. The molecule has 1 aromatic carbocycles. The topological polar surface area (TPSA) is 98.3 Å². The minimum Gasteiger partial charge on any atom is -0.393 e. The van der Waals surface area contributed by atoms with Crippen LogP contribution in [0.25, 0.3) is 0 Å². The quantitative estimate of drug-likeness (QED) is 0.112. The van der Waals surface area contributed by atoms with Crippen molar-refractivity contribution in [1.82, 2.24) is 0 Å². The second kappa shape index (κ2) is 16.7. The van der Waals surface area contributed by atoms with Gasteiger partial charge in [-0.15, -0.1) is 0 Å². The minimum atomic E-state index is -0.531. The van der Waals surface area contributed by atoms with E-state index in [1.807, 2.05) is 0 Å². The van der Waals surface area contributed by atoms with Gasteiger partial charge in [-0.05, 0) is 18.6 Å². The van der Waals surface area contributed by atoms with Crippen LogP contribution in [0.1, 0.15) is 110 Å². The SMILES string of the molecule is CCCCCCCCCCCCCCCCCC(=O)Nc1ccc([N+](=O)[O-])c(N)c1. The van der Waals surface area contributed by atoms with Crippen molar-refractivity contribution in [2.24, 2.45) is 0 Å². The number of benzene rings is 1. The fourth-order valence-corrected chi connectivity index (χ4v) is 3.68. The molecule has 0 aromatic heterocycles. The maximum atomic E-state index is 12.0. The molecule has 6 nitrogen and oxygen atoms in total. The second-order valence-corrected chi connectivity index (χ2v) is 8.28. The number of nitrogen functional groups attached to an aromatic ring is 1. The van der Waals surface area contributed by atoms with Crippen molar-refractivity contribution in [2.45, 2.75) is 110 Å². The van der Waals surface area contributed by atoms with E-state index in [1.165, 1.54) is 102 Å². The standard InChI is InChI=1S/C24H41N3O3/c1-2-3-4-5-6-7-8-9-10-11-12-13-14-15-16-17-24(28)26-21-18-19-23(27(29)30)22(25)20-21/h18-20H,2-17,25H2,1H3,(H,26,28). The highest BCUT2D eigenvalue weighted by Gasteiger charge is 2.12. The van der Waals surface area contributed by atoms with Crippen molar-refractivity contribution in [2.75, 3.05) is 11.1 Å². The smallest absolute Gasteiger partial charge is 0.292 e. The largest absolute Gasteiger partial charge is 0.393 e. The summed E-state index contributed by atoms with van der Waals surface area (Å²) in [5.74, 6) is -0.0713. The van der Waals surface area contributed by atoms with E-state index in [1.54, 1.807) is 0 Å². The maximum absolute atomic E-state index is 12.0. The lowest BCUT2D eigenvalue weighted by Crippen LogP contribution is -2.11. The number of nitrogens with one attached hydrogen (secondary N) is 1. The molecule has 6 heteroatoms. The molecule has 0 aliphatic carbocycles. The normalized spacial score (nSPS) is 10.8. The number of nitrogens with zero attached hydrogens (tertiary/aromatic N) is 1. The molecule has 0 spiro atoms. The third-order valence-electron chi connectivity index (χ3n) is 5.52. The monoisotopic (exact) mass is 419 g/mol. The molecule has 1 rings (SSSR count). The molecular weight excluding hydrogens is 378 g/mol. The van der Waals surface area contributed by atoms with E-state index in [-0.39, 0.29) is 17.3 Å². The van der Waals surface area contributed by atoms with Gasteiger partial charge in [-0.2, -0.15) is 0 Å². The van der Waals surface area contributed by atoms with Gasteiger partial charge in [0.1, 0.15) is 5.69 Å². The Hall–Kier alpha value is -2.11. The van der Waals surface area contributed by atoms with Crippen molar-refractivity contribution in [1.29, 1.82) is 0 Å². The summed E-state index contributed by atoms with van der Waals surface area (Å²) >= 11 is 0. The lowest BCUT2D eigenvalue weighted by Gasteiger charge is -2.06. The van der Waals surface area contributed by atoms with E-state index >= 15 is 0 Å². The van der Waals surface area contributed by atoms with Gasteiger partial charge in [0.2, 0.25) is 5.91 Å². The Morgan fingerprint density at radius 2 is 1.33 bits per heavy atom. The molecular formula is C24H41N3O3. The van der Waals surface area contributed by atoms with Crippen LogP contribution in [0.5, 0.6) is 0 Å². The summed E-state index contributed by atoms with van der Waals surface area (Å²) in [5, 5.41) is 13.5. The van der Waals surface area contributed by atoms with Gasteiger partial charge in [0.05, 0.1) is 4.92 Å². The molecule has 3 N–H and O–H groups in total. The number of nitrogens with two attached hydrogens (primary N) is 1. The van der Waals surface area contributed by atoms with Gasteiger partial charge in [0, 0.05) is 18.2 Å². The third kappa shape index (κ3) is 12.5. The number of hydrogen-bond donors (Lipinski definition) is 2. The maximum Gasteiger partial charge on any atom is 0.292 e. The van der Waals surface area contributed by atoms with Crippen LogP contribution < -0.4 is 11.1 Å². The van der Waals surface area contributed by atoms with Crippen molar-refractivity contribution in [3.05, 3.63) is 28.3 Å². The van der Waals surface area contributed by atoms with Gasteiger partial charge >= 0.3 is 0 Å². The zero-order valence-electron chi connectivity index (χ0n) is 18.8. The van der Waals surface area contributed by atoms with Crippen molar-refractivity contribution >= 4 is 23.0 Å². The van der Waals surface area contributed by atoms with Crippen LogP contribution in [-0.2, 0) is 4.79 Å². The fraction of sp³-hybridized carbons (Fsp3) is 0.708. The van der Waals surface area contributed by atoms with Gasteiger partial charge in [-0.1, -0.05) is 96.8 Å². The molecule has 0 fully saturated rings. The number of nitro benzene ring substituents is 1. The first-order valence-corrected chi connectivity index (χ1v) is 11.9. The van der Waals surface area contributed by atoms with Crippen molar-refractivity contribution in [3.63, 3.8) is 0 Å². The number of carbonyl (C=O) groups excluding carboxylic acids is 1. The summed E-state index contributed by atoms with van der Waals surface area (Å²) < 4.78 is 0. The molecule has 30 heavy (non-hydrogen) atoms. The first kappa shape index (κ1) is 25.9. The zero-order valence-corrected chi connectivity index (χ0v) is 18.8. The minimum absolute atomic E-state index is 0.0600. The molecule has 0 unspecified atom stereocenters. The Balaban J connectivity index is 1.94. The van der Waals surface area contributed by atoms with E-state index in [4.69, 9.17) is 5.73 Å². The van der Waals surface area contributed by atoms with Crippen LogP contribution in [0.3, 0.4) is 0 Å². The van der Waals surface area contributed by atoms with Gasteiger partial charge in [0.25, 0.3) is 5.69 Å². The van der Waals surface area contributed by atoms with Crippen molar-refractivity contribution in [3.8, 4) is 0 Å². The zero-order chi connectivity index (χ0) is 22.0. The highest BCUT2D eigenvalue weighted by Crippen LogP contribution is 2.24. The Morgan fingerprint density at radius 1 is 0.867 bits per heavy atom. The second-order valence-electron chi connectivity index (χ2n) is 8.28. The molecule has 0 bridgehead atoms. The molecule has 170 valence electrons. The summed E-state index contributed by atoms with van der Waals surface area (Å²) in [5.41, 5.74) is 6.06. The van der Waals surface area contributed by atoms with Crippen LogP contribution in [0, 0.1) is 10.1 Å². The number of amides is 1. The Morgan fingerprint density at radius 3 is 1.77 bits per heavy atom. The highest BCUT2D eigenvalue weighted by molar-refractivity contribution is 5.91. The molecule has 0 aliphatic heterocycles. The molecule has 0 saturated heterocycles. The van der Waals surface area contributed by atoms with Crippen LogP contribution >= 0.6 is 0 Å². The van der Waals surface area contributed by atoms with Crippen LogP contribution in [-0.4, -0.2) is 10.8 Å². The van der Waals surface area contributed by atoms with E-state index in [0.29, 0.717) is 12.1 Å². The Kier molecular flexibility index (Phi) is 14.4. The predicted octanol–water partition coefficient (Wildman–Crippen LogP) is 7.38. The molecule has 0 saturated carbocycles. The lowest BCUT2D eigenvalue weighted by atomic mass is 10.0. The van der Waals surface area contributed by atoms with Gasteiger partial charge in [-0.3, -0.25) is 14.9 Å². The van der Waals surface area contributed by atoms with Crippen LogP contribution in [0.2, 0.25) is 0 Å². The molecule has 0 heterocycles. The van der Waals surface area contributed by atoms with Gasteiger partial charge < -0.3 is 11.1 Å². The average molecular weight is 420 g/mol.